The van der Waals surface area contributed by atoms with Crippen LogP contribution in [0.1, 0.15) is 56.0 Å². The summed E-state index contributed by atoms with van der Waals surface area (Å²) >= 11 is 0. The van der Waals surface area contributed by atoms with Crippen molar-refractivity contribution >= 4 is 21.7 Å². The molecule has 10 nitrogen and oxygen atoms in total. The molecule has 2 bridgehead atoms. The van der Waals surface area contributed by atoms with Crippen molar-refractivity contribution in [2.75, 3.05) is 18.1 Å². The summed E-state index contributed by atoms with van der Waals surface area (Å²) in [5.74, 6) is -0.279. The lowest BCUT2D eigenvalue weighted by Gasteiger charge is -2.33. The number of aliphatic hydroxyl groups excluding tert-OH is 1. The standard InChI is InChI=1S/C29H32F3N5O5S/c1-26(2)16-27(3)14-18-6-4-5-7-20(18)43(40,41)35-25(39)19-8-9-22(33-24(19)36(26)17-27)37-13-10-23(34-37)42-15-21(38)28(11-12-28)29(30,31)32/h4-10,13,21,38H,11-12,14-17H2,1-3H3,(H,35,39)/t21?,27-/m0/s1. The highest BCUT2D eigenvalue weighted by atomic mass is 32.2. The highest BCUT2D eigenvalue weighted by molar-refractivity contribution is 7.90. The van der Waals surface area contributed by atoms with Crippen LogP contribution in [-0.4, -0.2) is 65.2 Å². The van der Waals surface area contributed by atoms with Crippen LogP contribution in [0, 0.1) is 10.8 Å². The van der Waals surface area contributed by atoms with Gasteiger partial charge in [-0.2, -0.15) is 13.2 Å². The first-order chi connectivity index (χ1) is 20.0. The highest BCUT2D eigenvalue weighted by Gasteiger charge is 2.67. The molecule has 1 saturated carbocycles. The third-order valence-electron chi connectivity index (χ3n) is 8.78. The number of ether oxygens (including phenoxy) is 1. The summed E-state index contributed by atoms with van der Waals surface area (Å²) in [6.45, 7) is 6.09. The van der Waals surface area contributed by atoms with Gasteiger partial charge in [-0.1, -0.05) is 25.1 Å². The molecule has 0 spiro atoms. The Kier molecular flexibility index (Phi) is 6.62. The molecule has 3 aliphatic rings. The maximum Gasteiger partial charge on any atom is 0.397 e. The van der Waals surface area contributed by atoms with E-state index in [9.17, 15) is 31.5 Å². The average molecular weight is 620 g/mol. The van der Waals surface area contributed by atoms with E-state index in [-0.39, 0.29) is 46.2 Å². The number of anilines is 1. The average Bonchev–Trinajstić information content (AvgIpc) is 3.55. The second kappa shape index (κ2) is 9.68. The van der Waals surface area contributed by atoms with Gasteiger partial charge >= 0.3 is 6.18 Å². The molecule has 0 radical (unpaired) electrons. The summed E-state index contributed by atoms with van der Waals surface area (Å²) in [7, 11) is -4.18. The quantitative estimate of drug-likeness (QED) is 0.439. The smallest absolute Gasteiger partial charge is 0.397 e. The second-order valence-electron chi connectivity index (χ2n) is 12.7. The Morgan fingerprint density at radius 2 is 1.84 bits per heavy atom. The van der Waals surface area contributed by atoms with Crippen molar-refractivity contribution in [1.82, 2.24) is 19.5 Å². The molecular weight excluding hydrogens is 587 g/mol. The molecule has 43 heavy (non-hydrogen) atoms. The van der Waals surface area contributed by atoms with Crippen LogP contribution < -0.4 is 14.4 Å². The summed E-state index contributed by atoms with van der Waals surface area (Å²) in [5.41, 5.74) is -2.25. The fraction of sp³-hybridized carbons (Fsp3) is 0.483. The molecule has 2 aliphatic heterocycles. The van der Waals surface area contributed by atoms with E-state index in [2.05, 4.69) is 16.7 Å². The van der Waals surface area contributed by atoms with E-state index in [1.54, 1.807) is 18.2 Å². The topological polar surface area (TPSA) is 127 Å². The van der Waals surface area contributed by atoms with Gasteiger partial charge in [-0.25, -0.2) is 22.8 Å². The fourth-order valence-corrected chi connectivity index (χ4v) is 7.81. The van der Waals surface area contributed by atoms with Crippen molar-refractivity contribution in [2.45, 2.75) is 69.2 Å². The predicted molar refractivity (Wildman–Crippen MR) is 150 cm³/mol. The largest absolute Gasteiger partial charge is 0.474 e. The first-order valence-electron chi connectivity index (χ1n) is 13.9. The van der Waals surface area contributed by atoms with Gasteiger partial charge in [0.05, 0.1) is 15.9 Å². The van der Waals surface area contributed by atoms with Gasteiger partial charge in [0.15, 0.2) is 5.82 Å². The number of alkyl halides is 3. The van der Waals surface area contributed by atoms with Gasteiger partial charge in [0.1, 0.15) is 18.5 Å². The van der Waals surface area contributed by atoms with Gasteiger partial charge in [-0.05, 0) is 68.7 Å². The zero-order chi connectivity index (χ0) is 31.0. The third-order valence-corrected chi connectivity index (χ3v) is 10.2. The molecule has 1 unspecified atom stereocenters. The van der Waals surface area contributed by atoms with Gasteiger partial charge in [0.2, 0.25) is 5.88 Å². The van der Waals surface area contributed by atoms with Gasteiger partial charge < -0.3 is 14.7 Å². The minimum absolute atomic E-state index is 0.00831. The Labute approximate surface area is 246 Å². The Hall–Kier alpha value is -3.65. The fourth-order valence-electron chi connectivity index (χ4n) is 6.60. The van der Waals surface area contributed by atoms with E-state index in [4.69, 9.17) is 9.72 Å². The Bertz CT molecular complexity index is 1700. The molecule has 14 heteroatoms. The van der Waals surface area contributed by atoms with Crippen LogP contribution in [-0.2, 0) is 16.4 Å². The maximum atomic E-state index is 13.5. The van der Waals surface area contributed by atoms with Crippen molar-refractivity contribution in [3.05, 3.63) is 59.8 Å². The predicted octanol–water partition coefficient (Wildman–Crippen LogP) is 4.02. The number of nitrogens with zero attached hydrogens (tertiary/aromatic N) is 4. The lowest BCUT2D eigenvalue weighted by molar-refractivity contribution is -0.217. The number of halogens is 3. The molecule has 6 rings (SSSR count). The van der Waals surface area contributed by atoms with Crippen molar-refractivity contribution in [2.24, 2.45) is 10.8 Å². The van der Waals surface area contributed by atoms with Crippen molar-refractivity contribution < 1.29 is 36.2 Å². The van der Waals surface area contributed by atoms with Crippen LogP contribution in [0.3, 0.4) is 0 Å². The molecule has 2 atom stereocenters. The number of nitrogens with one attached hydrogen (secondary N) is 1. The van der Waals surface area contributed by atoms with Crippen LogP contribution in [0.4, 0.5) is 19.0 Å². The number of hydrogen-bond donors (Lipinski definition) is 2. The number of benzene rings is 1. The van der Waals surface area contributed by atoms with E-state index in [1.165, 1.54) is 35.1 Å². The lowest BCUT2D eigenvalue weighted by Crippen LogP contribution is -2.41. The number of hydrogen-bond acceptors (Lipinski definition) is 8. The molecule has 4 heterocycles. The van der Waals surface area contributed by atoms with Crippen LogP contribution in [0.2, 0.25) is 0 Å². The maximum absolute atomic E-state index is 13.5. The molecule has 230 valence electrons. The summed E-state index contributed by atoms with van der Waals surface area (Å²) in [4.78, 5) is 20.3. The van der Waals surface area contributed by atoms with Gasteiger partial charge in [-0.3, -0.25) is 4.79 Å². The van der Waals surface area contributed by atoms with Crippen LogP contribution in [0.15, 0.2) is 53.6 Å². The van der Waals surface area contributed by atoms with Crippen molar-refractivity contribution in [3.63, 3.8) is 0 Å². The van der Waals surface area contributed by atoms with E-state index < -0.39 is 45.8 Å². The van der Waals surface area contributed by atoms with Gasteiger partial charge in [0, 0.05) is 24.3 Å². The summed E-state index contributed by atoms with van der Waals surface area (Å²) in [5, 5.41) is 14.4. The van der Waals surface area contributed by atoms with Crippen LogP contribution in [0.5, 0.6) is 5.88 Å². The highest BCUT2D eigenvalue weighted by Crippen LogP contribution is 2.60. The number of aromatic nitrogens is 3. The minimum atomic E-state index is -4.52. The molecule has 3 aromatic rings. The zero-order valence-corrected chi connectivity index (χ0v) is 24.7. The Balaban J connectivity index is 1.33. The van der Waals surface area contributed by atoms with Gasteiger partial charge in [-0.15, -0.1) is 5.10 Å². The number of sulfonamides is 1. The SMILES string of the molecule is CC1(C)C[C@]2(C)Cc3ccccc3S(=O)(=O)NC(=O)c3ccc(-n4ccc(OCC(O)C5(C(F)(F)F)CC5)n4)nc3N1C2. The normalized spacial score (nSPS) is 24.3. The minimum Gasteiger partial charge on any atom is -0.474 e. The first-order valence-corrected chi connectivity index (χ1v) is 15.4. The Morgan fingerprint density at radius 3 is 2.53 bits per heavy atom. The number of amides is 1. The summed E-state index contributed by atoms with van der Waals surface area (Å²) < 4.78 is 75.6. The molecule has 1 aromatic carbocycles. The number of rotatable bonds is 5. The number of carbonyl (C=O) groups is 1. The van der Waals surface area contributed by atoms with Crippen LogP contribution in [0.25, 0.3) is 5.82 Å². The van der Waals surface area contributed by atoms with Crippen LogP contribution >= 0.6 is 0 Å². The lowest BCUT2D eigenvalue weighted by atomic mass is 9.79. The van der Waals surface area contributed by atoms with E-state index in [1.807, 2.05) is 18.7 Å². The molecule has 1 saturated heterocycles. The number of carbonyl (C=O) groups excluding carboxylic acids is 1. The zero-order valence-electron chi connectivity index (χ0n) is 23.8. The summed E-state index contributed by atoms with van der Waals surface area (Å²) in [6.07, 6.45) is -3.89. The van der Waals surface area contributed by atoms with E-state index in [0.29, 0.717) is 24.9 Å². The molecule has 2 N–H and O–H groups in total. The molecule has 2 fully saturated rings. The van der Waals surface area contributed by atoms with E-state index >= 15 is 0 Å². The molecule has 1 aliphatic carbocycles. The van der Waals surface area contributed by atoms with E-state index in [0.717, 1.165) is 0 Å². The Morgan fingerprint density at radius 1 is 1.12 bits per heavy atom. The van der Waals surface area contributed by atoms with Crippen molar-refractivity contribution in [3.8, 4) is 11.7 Å². The molecular formula is C29H32F3N5O5S. The number of aliphatic hydroxyl groups is 1. The summed E-state index contributed by atoms with van der Waals surface area (Å²) in [6, 6.07) is 11.1. The monoisotopic (exact) mass is 619 g/mol. The van der Waals surface area contributed by atoms with Gasteiger partial charge in [0.25, 0.3) is 15.9 Å². The third kappa shape index (κ3) is 5.13. The number of pyridine rings is 1. The number of fused-ring (bicyclic) bond motifs is 5. The first kappa shape index (κ1) is 29.4. The molecule has 1 amide bonds. The second-order valence-corrected chi connectivity index (χ2v) is 14.4. The molecule has 2 aromatic heterocycles. The van der Waals surface area contributed by atoms with Crippen molar-refractivity contribution in [1.29, 1.82) is 0 Å².